The minimum atomic E-state index is -0.873. The molecule has 2 aliphatic rings. The van der Waals surface area contributed by atoms with Crippen molar-refractivity contribution in [3.05, 3.63) is 23.8 Å². The van der Waals surface area contributed by atoms with Crippen LogP contribution in [0.4, 0.5) is 0 Å². The summed E-state index contributed by atoms with van der Waals surface area (Å²) in [6.45, 7) is 7.28. The van der Waals surface area contributed by atoms with E-state index in [9.17, 15) is 19.8 Å². The zero-order valence-corrected chi connectivity index (χ0v) is 20.5. The molecular weight excluding hydrogens is 420 g/mol. The Bertz CT molecular complexity index is 773. The van der Waals surface area contributed by atoms with Gasteiger partial charge in [0.1, 0.15) is 0 Å². The van der Waals surface area contributed by atoms with Crippen molar-refractivity contribution in [2.24, 2.45) is 23.7 Å². The molecule has 0 aromatic rings. The highest BCUT2D eigenvalue weighted by Crippen LogP contribution is 2.50. The number of allylic oxidation sites excluding steroid dienone is 2. The second-order valence-corrected chi connectivity index (χ2v) is 9.33. The molecule has 0 bridgehead atoms. The van der Waals surface area contributed by atoms with Crippen molar-refractivity contribution in [1.82, 2.24) is 0 Å². The van der Waals surface area contributed by atoms with Gasteiger partial charge in [0.15, 0.2) is 6.10 Å². The summed E-state index contributed by atoms with van der Waals surface area (Å²) in [6, 6.07) is 0. The van der Waals surface area contributed by atoms with Crippen LogP contribution >= 0.6 is 0 Å². The van der Waals surface area contributed by atoms with Gasteiger partial charge >= 0.3 is 11.9 Å². The van der Waals surface area contributed by atoms with Crippen LogP contribution in [0.1, 0.15) is 72.6 Å². The maximum Gasteiger partial charge on any atom is 0.347 e. The molecule has 0 aromatic carbocycles. The summed E-state index contributed by atoms with van der Waals surface area (Å²) in [4.78, 5) is 23.5. The molecule has 184 valence electrons. The average molecular weight is 461 g/mol. The van der Waals surface area contributed by atoms with E-state index in [0.717, 1.165) is 25.7 Å². The Morgan fingerprint density at radius 1 is 1.27 bits per heavy atom. The lowest BCUT2D eigenvalue weighted by molar-refractivity contribution is -0.166. The maximum absolute atomic E-state index is 11.9. The van der Waals surface area contributed by atoms with Gasteiger partial charge in [-0.05, 0) is 70.6 Å². The number of fused-ring (bicyclic) bond motifs is 1. The molecule has 0 aromatic heterocycles. The summed E-state index contributed by atoms with van der Waals surface area (Å²) >= 11 is 0. The second-order valence-electron chi connectivity index (χ2n) is 9.33. The summed E-state index contributed by atoms with van der Waals surface area (Å²) in [5.41, 5.74) is 1.38. The Labute approximate surface area is 198 Å². The minimum Gasteiger partial charge on any atom is -0.463 e. The zero-order chi connectivity index (χ0) is 24.4. The van der Waals surface area contributed by atoms with Crippen LogP contribution in [0.5, 0.6) is 0 Å². The molecule has 2 aliphatic carbocycles. The third-order valence-corrected chi connectivity index (χ3v) is 6.77. The van der Waals surface area contributed by atoms with Crippen LogP contribution in [-0.2, 0) is 19.1 Å². The predicted octanol–water partition coefficient (Wildman–Crippen LogP) is 3.95. The number of aliphatic hydroxyl groups is 2. The Morgan fingerprint density at radius 2 is 2.03 bits per heavy atom. The number of unbranched alkanes of at least 4 members (excludes halogenated alkanes) is 1. The molecule has 0 amide bonds. The van der Waals surface area contributed by atoms with Crippen LogP contribution in [0.3, 0.4) is 0 Å². The molecule has 0 spiro atoms. The van der Waals surface area contributed by atoms with E-state index < -0.39 is 18.2 Å². The number of carbonyl (C=O) groups excluding carboxylic acids is 2. The van der Waals surface area contributed by atoms with E-state index in [0.29, 0.717) is 24.7 Å². The first-order chi connectivity index (χ1) is 15.8. The van der Waals surface area contributed by atoms with Crippen LogP contribution < -0.4 is 0 Å². The van der Waals surface area contributed by atoms with E-state index >= 15 is 0 Å². The highest BCUT2D eigenvalue weighted by atomic mass is 16.6. The molecule has 2 fully saturated rings. The molecule has 0 saturated heterocycles. The Morgan fingerprint density at radius 3 is 2.73 bits per heavy atom. The number of hydrogen-bond donors (Lipinski definition) is 2. The van der Waals surface area contributed by atoms with Crippen LogP contribution in [-0.4, -0.2) is 47.1 Å². The van der Waals surface area contributed by atoms with Gasteiger partial charge in [0, 0.05) is 18.8 Å². The van der Waals surface area contributed by atoms with Crippen molar-refractivity contribution in [3.8, 4) is 11.8 Å². The largest absolute Gasteiger partial charge is 0.463 e. The number of carbonyl (C=O) groups is 2. The van der Waals surface area contributed by atoms with E-state index in [1.165, 1.54) is 12.5 Å². The van der Waals surface area contributed by atoms with Gasteiger partial charge in [-0.1, -0.05) is 30.7 Å². The number of esters is 2. The minimum absolute atomic E-state index is 0.0639. The molecule has 1 unspecified atom stereocenters. The van der Waals surface area contributed by atoms with Crippen molar-refractivity contribution in [1.29, 1.82) is 0 Å². The fourth-order valence-corrected chi connectivity index (χ4v) is 4.87. The van der Waals surface area contributed by atoms with E-state index in [2.05, 4.69) is 17.9 Å². The fraction of sp³-hybridized carbons (Fsp3) is 0.704. The van der Waals surface area contributed by atoms with Gasteiger partial charge in [0.05, 0.1) is 18.8 Å². The number of rotatable bonds is 11. The Kier molecular flexibility index (Phi) is 11.2. The van der Waals surface area contributed by atoms with E-state index in [-0.39, 0.29) is 36.9 Å². The van der Waals surface area contributed by atoms with Crippen molar-refractivity contribution in [2.45, 2.75) is 91.0 Å². The first-order valence-corrected chi connectivity index (χ1v) is 12.2. The summed E-state index contributed by atoms with van der Waals surface area (Å²) < 4.78 is 9.95. The topological polar surface area (TPSA) is 93.1 Å². The standard InChI is InChI=1S/C27H40O6/c1-5-7-10-18(3)24(28)14-13-22-23-16-20(15-21(23)17-25(22)29)11-8-9-12-26(30)33-19(4)27(31)32-6-2/h11,13-14,18-19,21-25,28-29H,6,8-10,12,15-17H2,1-4H3/t18?,19-,21+,22-,23+,24-,25-/m1/s1. The third-order valence-electron chi connectivity index (χ3n) is 6.77. The summed E-state index contributed by atoms with van der Waals surface area (Å²) in [5.74, 6) is 5.96. The molecule has 7 atom stereocenters. The zero-order valence-electron chi connectivity index (χ0n) is 20.5. The number of hydrogen-bond acceptors (Lipinski definition) is 6. The lowest BCUT2D eigenvalue weighted by Crippen LogP contribution is -2.26. The SMILES string of the molecule is CC#CCC(C)[C@H](O)C=C[C@@H]1[C@H]2CC(=CCCCC(=O)O[C@H](C)C(=O)OCC)C[C@H]2C[C@H]1O. The van der Waals surface area contributed by atoms with Crippen LogP contribution in [0.15, 0.2) is 23.8 Å². The molecule has 2 N–H and O–H groups in total. The first-order valence-electron chi connectivity index (χ1n) is 12.2. The van der Waals surface area contributed by atoms with Gasteiger partial charge in [-0.2, -0.15) is 0 Å². The highest BCUT2D eigenvalue weighted by Gasteiger charge is 2.45. The monoisotopic (exact) mass is 460 g/mol. The van der Waals surface area contributed by atoms with E-state index in [4.69, 9.17) is 9.47 Å². The predicted molar refractivity (Wildman–Crippen MR) is 127 cm³/mol. The van der Waals surface area contributed by atoms with Crippen LogP contribution in [0.25, 0.3) is 0 Å². The van der Waals surface area contributed by atoms with Gasteiger partial charge in [0.25, 0.3) is 0 Å². The van der Waals surface area contributed by atoms with Gasteiger partial charge in [-0.15, -0.1) is 11.8 Å². The molecular formula is C27H40O6. The first kappa shape index (κ1) is 27.1. The summed E-state index contributed by atoms with van der Waals surface area (Å²) in [6.07, 6.45) is 9.40. The normalized spacial score (nSPS) is 28.1. The molecule has 33 heavy (non-hydrogen) atoms. The van der Waals surface area contributed by atoms with Crippen LogP contribution in [0, 0.1) is 35.5 Å². The van der Waals surface area contributed by atoms with Gasteiger partial charge in [0.2, 0.25) is 0 Å². The molecule has 2 rings (SSSR count). The third kappa shape index (κ3) is 8.32. The highest BCUT2D eigenvalue weighted by molar-refractivity contribution is 5.78. The number of ether oxygens (including phenoxy) is 2. The van der Waals surface area contributed by atoms with E-state index in [1.54, 1.807) is 13.8 Å². The second kappa shape index (κ2) is 13.6. The molecule has 0 aliphatic heterocycles. The van der Waals surface area contributed by atoms with Crippen LogP contribution in [0.2, 0.25) is 0 Å². The fourth-order valence-electron chi connectivity index (χ4n) is 4.87. The summed E-state index contributed by atoms with van der Waals surface area (Å²) in [5, 5.41) is 20.9. The van der Waals surface area contributed by atoms with Crippen molar-refractivity contribution in [2.75, 3.05) is 6.61 Å². The molecule has 6 heteroatoms. The molecule has 0 radical (unpaired) electrons. The smallest absolute Gasteiger partial charge is 0.347 e. The quantitative estimate of drug-likeness (QED) is 0.210. The summed E-state index contributed by atoms with van der Waals surface area (Å²) in [7, 11) is 0. The van der Waals surface area contributed by atoms with Crippen molar-refractivity contribution < 1.29 is 29.3 Å². The number of aliphatic hydroxyl groups excluding tert-OH is 2. The van der Waals surface area contributed by atoms with Crippen molar-refractivity contribution >= 4 is 11.9 Å². The van der Waals surface area contributed by atoms with Gasteiger partial charge in [-0.25, -0.2) is 4.79 Å². The van der Waals surface area contributed by atoms with E-state index in [1.807, 2.05) is 19.1 Å². The van der Waals surface area contributed by atoms with Gasteiger partial charge < -0.3 is 19.7 Å². The lowest BCUT2D eigenvalue weighted by Gasteiger charge is -2.19. The molecule has 6 nitrogen and oxygen atoms in total. The lowest BCUT2D eigenvalue weighted by atomic mass is 9.89. The molecule has 2 saturated carbocycles. The van der Waals surface area contributed by atoms with Crippen molar-refractivity contribution in [3.63, 3.8) is 0 Å². The average Bonchev–Trinajstić information content (AvgIpc) is 3.29. The maximum atomic E-state index is 11.9. The molecule has 0 heterocycles. The Hall–Kier alpha value is -2.10. The Balaban J connectivity index is 1.78. The van der Waals surface area contributed by atoms with Gasteiger partial charge in [-0.3, -0.25) is 4.79 Å².